The van der Waals surface area contributed by atoms with Gasteiger partial charge in [-0.15, -0.1) is 0 Å². The van der Waals surface area contributed by atoms with Crippen molar-refractivity contribution in [2.24, 2.45) is 0 Å². The van der Waals surface area contributed by atoms with Crippen LogP contribution in [0.25, 0.3) is 0 Å². The van der Waals surface area contributed by atoms with E-state index in [1.165, 1.54) is 0 Å². The van der Waals surface area contributed by atoms with E-state index in [-0.39, 0.29) is 18.5 Å². The van der Waals surface area contributed by atoms with Gasteiger partial charge in [-0.2, -0.15) is 0 Å². The Labute approximate surface area is 48.2 Å². The molecule has 1 unspecified atom stereocenters. The molecule has 0 aromatic heterocycles. The Morgan fingerprint density at radius 3 is 2.25 bits per heavy atom. The first-order valence-corrected chi connectivity index (χ1v) is 1.96. The molecule has 1 atom stereocenters. The van der Waals surface area contributed by atoms with Crippen molar-refractivity contribution in [3.05, 3.63) is 0 Å². The van der Waals surface area contributed by atoms with E-state index >= 15 is 0 Å². The van der Waals surface area contributed by atoms with Crippen LogP contribution in [0, 0.1) is 0 Å². The van der Waals surface area contributed by atoms with Crippen LogP contribution in [-0.2, 0) is 9.59 Å². The van der Waals surface area contributed by atoms with Crippen LogP contribution in [-0.4, -0.2) is 11.8 Å². The van der Waals surface area contributed by atoms with Gasteiger partial charge in [0.1, 0.15) is 0 Å². The van der Waals surface area contributed by atoms with E-state index in [0.717, 1.165) is 0 Å². The van der Waals surface area contributed by atoms with Crippen molar-refractivity contribution in [2.45, 2.75) is 12.8 Å². The largest absolute Gasteiger partial charge is 0.344 e. The predicted molar refractivity (Wildman–Crippen MR) is 27.4 cm³/mol. The molecule has 2 amide bonds. The molecule has 0 spiro atoms. The molecule has 1 rings (SSSR count). The molecule has 0 radical (unpaired) electrons. The minimum Gasteiger partial charge on any atom is -0.344 e. The van der Waals surface area contributed by atoms with Crippen molar-refractivity contribution in [1.29, 1.82) is 0 Å². The molecule has 0 saturated carbocycles. The van der Waals surface area contributed by atoms with Crippen molar-refractivity contribution < 1.29 is 11.0 Å². The minimum atomic E-state index is -0.859. The molecule has 4 nitrogen and oxygen atoms in total. The topological polar surface area (TPSA) is 81.2 Å². The molecule has 1 fully saturated rings. The molecule has 1 aliphatic heterocycles. The molecule has 4 heteroatoms. The van der Waals surface area contributed by atoms with E-state index in [0.29, 0.717) is 0 Å². The van der Waals surface area contributed by atoms with E-state index in [4.69, 9.17) is 1.37 Å². The van der Waals surface area contributed by atoms with Crippen LogP contribution in [0.15, 0.2) is 0 Å². The second kappa shape index (κ2) is 2.42. The Morgan fingerprint density at radius 2 is 2.12 bits per heavy atom. The second-order valence-corrected chi connectivity index (χ2v) is 1.32. The van der Waals surface area contributed by atoms with Crippen LogP contribution in [0.4, 0.5) is 0 Å². The number of amides is 2. The fourth-order valence-electron chi connectivity index (χ4n) is 0.425. The Hall–Kier alpha value is -0.900. The van der Waals surface area contributed by atoms with Gasteiger partial charge in [-0.05, 0) is 0 Å². The van der Waals surface area contributed by atoms with Crippen LogP contribution in [0.2, 0.25) is 0 Å². The molecule has 1 heterocycles. The predicted octanol–water partition coefficient (Wildman–Crippen LogP) is -0.415. The molecule has 1 saturated heterocycles. The number of rotatable bonds is 0. The lowest BCUT2D eigenvalue weighted by atomic mass is 10.4. The molecular weight excluding hydrogens is 108 g/mol. The highest BCUT2D eigenvalue weighted by atomic mass is 16.2. The van der Waals surface area contributed by atoms with E-state index in [9.17, 15) is 9.59 Å². The van der Waals surface area contributed by atoms with Crippen molar-refractivity contribution in [3.8, 4) is 0 Å². The van der Waals surface area contributed by atoms with E-state index < -0.39 is 12.3 Å². The lowest BCUT2D eigenvalue weighted by molar-refractivity contribution is -0.124. The summed E-state index contributed by atoms with van der Waals surface area (Å²) < 4.78 is 6.84. The summed E-state index contributed by atoms with van der Waals surface area (Å²) in [6, 6.07) is 0. The van der Waals surface area contributed by atoms with Crippen LogP contribution in [0.5, 0.6) is 0 Å². The van der Waals surface area contributed by atoms with Crippen molar-refractivity contribution in [2.75, 3.05) is 0 Å². The average molecular weight is 117 g/mol. The number of hydrogen-bond acceptors (Lipinski definition) is 3. The van der Waals surface area contributed by atoms with Crippen LogP contribution in [0.3, 0.4) is 0 Å². The Kier molecular flexibility index (Phi) is 1.58. The molecule has 0 aliphatic carbocycles. The average Bonchev–Trinajstić information content (AvgIpc) is 1.85. The summed E-state index contributed by atoms with van der Waals surface area (Å²) in [5.74, 6) is -0.815. The first-order chi connectivity index (χ1) is 3.70. The van der Waals surface area contributed by atoms with Crippen molar-refractivity contribution >= 4 is 11.8 Å². The third-order valence-corrected chi connectivity index (χ3v) is 0.735. The molecule has 8 heavy (non-hydrogen) atoms. The summed E-state index contributed by atoms with van der Waals surface area (Å²) in [5, 5.41) is 2.00. The van der Waals surface area contributed by atoms with E-state index in [1.807, 2.05) is 5.32 Å². The summed E-state index contributed by atoms with van der Waals surface area (Å²) in [7, 11) is 0. The fraction of sp³-hybridized carbons (Fsp3) is 0.500. The van der Waals surface area contributed by atoms with Crippen molar-refractivity contribution in [3.63, 3.8) is 0 Å². The van der Waals surface area contributed by atoms with Gasteiger partial charge in [0, 0.05) is 14.2 Å². The number of hydrogen-bond donors (Lipinski definition) is 2. The van der Waals surface area contributed by atoms with Gasteiger partial charge in [-0.25, -0.2) is 0 Å². The molecule has 46 valence electrons. The summed E-state index contributed by atoms with van der Waals surface area (Å²) in [4.78, 5) is 20.5. The summed E-state index contributed by atoms with van der Waals surface area (Å²) in [5.41, 5.74) is 0. The smallest absolute Gasteiger partial charge is 0.227 e. The number of carbonyl (C=O) groups excluding carboxylic acids is 2. The van der Waals surface area contributed by atoms with Gasteiger partial charge >= 0.3 is 0 Å². The Morgan fingerprint density at radius 1 is 1.50 bits per heavy atom. The third-order valence-electron chi connectivity index (χ3n) is 0.735. The van der Waals surface area contributed by atoms with Crippen molar-refractivity contribution in [1.82, 2.24) is 11.5 Å². The first kappa shape index (κ1) is 5.24. The molecule has 0 bridgehead atoms. The maximum absolute atomic E-state index is 10.3. The highest BCUT2D eigenvalue weighted by Crippen LogP contribution is 1.95. The lowest BCUT2D eigenvalue weighted by Crippen LogP contribution is -2.18. The SMILES string of the molecule is N.[2H]C1CC(=O)NC1=O. The quantitative estimate of drug-likeness (QED) is 0.423. The van der Waals surface area contributed by atoms with Gasteiger partial charge in [0.15, 0.2) is 0 Å². The van der Waals surface area contributed by atoms with Gasteiger partial charge in [0.05, 0.1) is 0 Å². The highest BCUT2D eigenvalue weighted by Gasteiger charge is 2.15. The lowest BCUT2D eigenvalue weighted by Gasteiger charge is -1.79. The maximum atomic E-state index is 10.3. The number of carbonyl (C=O) groups is 2. The van der Waals surface area contributed by atoms with Gasteiger partial charge in [0.25, 0.3) is 0 Å². The zero-order valence-electron chi connectivity index (χ0n) is 5.31. The zero-order chi connectivity index (χ0) is 6.15. The second-order valence-electron chi connectivity index (χ2n) is 1.32. The fourth-order valence-corrected chi connectivity index (χ4v) is 0.425. The van der Waals surface area contributed by atoms with E-state index in [1.54, 1.807) is 0 Å². The molecule has 0 aromatic carbocycles. The monoisotopic (exact) mass is 117 g/mol. The van der Waals surface area contributed by atoms with Crippen LogP contribution < -0.4 is 11.5 Å². The molecule has 4 N–H and O–H groups in total. The van der Waals surface area contributed by atoms with Gasteiger partial charge in [-0.3, -0.25) is 14.9 Å². The molecule has 0 aromatic rings. The number of imide groups is 1. The summed E-state index contributed by atoms with van der Waals surface area (Å²) in [6.45, 7) is 0. The first-order valence-electron chi connectivity index (χ1n) is 2.54. The summed E-state index contributed by atoms with van der Waals surface area (Å²) in [6.07, 6.45) is -0.832. The summed E-state index contributed by atoms with van der Waals surface area (Å²) >= 11 is 0. The normalized spacial score (nSPS) is 28.5. The highest BCUT2D eigenvalue weighted by molar-refractivity contribution is 6.01. The van der Waals surface area contributed by atoms with E-state index in [2.05, 4.69) is 0 Å². The minimum absolute atomic E-state index is 0. The van der Waals surface area contributed by atoms with Gasteiger partial charge < -0.3 is 6.15 Å². The van der Waals surface area contributed by atoms with Gasteiger partial charge in [0.2, 0.25) is 11.8 Å². The maximum Gasteiger partial charge on any atom is 0.227 e. The third kappa shape index (κ3) is 1.31. The van der Waals surface area contributed by atoms with Crippen LogP contribution >= 0.6 is 0 Å². The van der Waals surface area contributed by atoms with Crippen LogP contribution in [0.1, 0.15) is 14.2 Å². The van der Waals surface area contributed by atoms with Gasteiger partial charge in [-0.1, -0.05) is 0 Å². The Bertz CT molecular complexity index is 148. The number of nitrogens with one attached hydrogen (secondary N) is 1. The molecular formula is C4H8N2O2. The molecule has 1 aliphatic rings. The standard InChI is InChI=1S/C4H5NO2.H3N/c6-3-1-2-4(7)5-3;/h1-2H2,(H,5,6,7);1H3/i1D;. The Balaban J connectivity index is 0.000000640. The zero-order valence-corrected chi connectivity index (χ0v) is 4.31.